The van der Waals surface area contributed by atoms with E-state index in [0.29, 0.717) is 10.8 Å². The van der Waals surface area contributed by atoms with Gasteiger partial charge in [-0.1, -0.05) is 27.7 Å². The number of rotatable bonds is 2. The third-order valence-corrected chi connectivity index (χ3v) is 6.29. The summed E-state index contributed by atoms with van der Waals surface area (Å²) >= 11 is 2.21. The average molecular weight is 255 g/mol. The van der Waals surface area contributed by atoms with E-state index >= 15 is 0 Å². The number of nitrogens with one attached hydrogen (secondary N) is 1. The molecule has 0 aliphatic carbocycles. The molecule has 1 nitrogen and oxygen atoms in total. The summed E-state index contributed by atoms with van der Waals surface area (Å²) < 4.78 is 0. The minimum Gasteiger partial charge on any atom is -0.316 e. The second-order valence-corrected chi connectivity index (χ2v) is 8.46. The molecule has 2 heterocycles. The van der Waals surface area contributed by atoms with Crippen molar-refractivity contribution >= 4 is 11.8 Å². The first-order chi connectivity index (χ1) is 7.94. The highest BCUT2D eigenvalue weighted by atomic mass is 32.2. The molecule has 2 heteroatoms. The van der Waals surface area contributed by atoms with Gasteiger partial charge in [-0.05, 0) is 66.5 Å². The van der Waals surface area contributed by atoms with Gasteiger partial charge in [0.2, 0.25) is 0 Å². The van der Waals surface area contributed by atoms with Gasteiger partial charge in [-0.15, -0.1) is 0 Å². The highest BCUT2D eigenvalue weighted by Gasteiger charge is 2.46. The lowest BCUT2D eigenvalue weighted by Gasteiger charge is -2.52. The van der Waals surface area contributed by atoms with E-state index < -0.39 is 0 Å². The third kappa shape index (κ3) is 3.20. The molecule has 100 valence electrons. The van der Waals surface area contributed by atoms with Crippen LogP contribution in [0, 0.1) is 22.7 Å². The highest BCUT2D eigenvalue weighted by molar-refractivity contribution is 7.99. The summed E-state index contributed by atoms with van der Waals surface area (Å²) in [6.45, 7) is 12.2. The molecule has 0 bridgehead atoms. The Morgan fingerprint density at radius 3 is 2.71 bits per heavy atom. The molecule has 0 aromatic rings. The second-order valence-electron chi connectivity index (χ2n) is 7.48. The number of thioether (sulfide) groups is 1. The van der Waals surface area contributed by atoms with Crippen molar-refractivity contribution in [1.82, 2.24) is 5.32 Å². The molecule has 2 aliphatic rings. The molecule has 17 heavy (non-hydrogen) atoms. The Kier molecular flexibility index (Phi) is 4.14. The first-order valence-corrected chi connectivity index (χ1v) is 8.38. The lowest BCUT2D eigenvalue weighted by Crippen LogP contribution is -2.51. The van der Waals surface area contributed by atoms with Crippen LogP contribution in [-0.2, 0) is 0 Å². The Hall–Kier alpha value is 0.310. The standard InChI is InChI=1S/C15H29NS/c1-12(2)7-13-8-16-6-5-15(13)9-14(3,4)10-17-11-15/h12-13,16H,5-11H2,1-4H3. The van der Waals surface area contributed by atoms with Gasteiger partial charge in [0, 0.05) is 0 Å². The van der Waals surface area contributed by atoms with Crippen molar-refractivity contribution in [1.29, 1.82) is 0 Å². The van der Waals surface area contributed by atoms with E-state index in [4.69, 9.17) is 0 Å². The molecule has 0 saturated carbocycles. The highest BCUT2D eigenvalue weighted by Crippen LogP contribution is 2.52. The van der Waals surface area contributed by atoms with Crippen LogP contribution in [0.2, 0.25) is 0 Å². The monoisotopic (exact) mass is 255 g/mol. The Morgan fingerprint density at radius 1 is 1.29 bits per heavy atom. The summed E-state index contributed by atoms with van der Waals surface area (Å²) in [6.07, 6.45) is 4.26. The second kappa shape index (κ2) is 5.13. The fourth-order valence-electron chi connectivity index (χ4n) is 3.95. The Balaban J connectivity index is 2.13. The van der Waals surface area contributed by atoms with Crippen molar-refractivity contribution in [2.24, 2.45) is 22.7 Å². The molecular formula is C15H29NS. The fourth-order valence-corrected chi connectivity index (χ4v) is 5.59. The molecule has 2 saturated heterocycles. The van der Waals surface area contributed by atoms with E-state index in [1.54, 1.807) is 0 Å². The van der Waals surface area contributed by atoms with Crippen LogP contribution in [0.4, 0.5) is 0 Å². The van der Waals surface area contributed by atoms with Crippen molar-refractivity contribution in [2.45, 2.75) is 47.0 Å². The number of piperidine rings is 1. The summed E-state index contributed by atoms with van der Waals surface area (Å²) in [5.41, 5.74) is 1.19. The van der Waals surface area contributed by atoms with Crippen LogP contribution in [0.15, 0.2) is 0 Å². The van der Waals surface area contributed by atoms with Crippen LogP contribution in [0.3, 0.4) is 0 Å². The zero-order valence-electron chi connectivity index (χ0n) is 12.0. The van der Waals surface area contributed by atoms with Crippen LogP contribution in [0.25, 0.3) is 0 Å². The van der Waals surface area contributed by atoms with Gasteiger partial charge >= 0.3 is 0 Å². The summed E-state index contributed by atoms with van der Waals surface area (Å²) in [6, 6.07) is 0. The van der Waals surface area contributed by atoms with Crippen LogP contribution < -0.4 is 5.32 Å². The number of hydrogen-bond donors (Lipinski definition) is 1. The zero-order valence-corrected chi connectivity index (χ0v) is 12.8. The van der Waals surface area contributed by atoms with E-state index in [-0.39, 0.29) is 0 Å². The maximum absolute atomic E-state index is 3.63. The van der Waals surface area contributed by atoms with E-state index in [1.165, 1.54) is 43.9 Å². The van der Waals surface area contributed by atoms with Crippen LogP contribution >= 0.6 is 11.8 Å². The fraction of sp³-hybridized carbons (Fsp3) is 1.00. The zero-order chi connectivity index (χ0) is 12.5. The molecule has 1 spiro atoms. The molecule has 2 unspecified atom stereocenters. The van der Waals surface area contributed by atoms with Gasteiger partial charge in [0.1, 0.15) is 0 Å². The van der Waals surface area contributed by atoms with Gasteiger partial charge in [0.15, 0.2) is 0 Å². The maximum atomic E-state index is 3.63. The summed E-state index contributed by atoms with van der Waals surface area (Å²) in [4.78, 5) is 0. The quantitative estimate of drug-likeness (QED) is 0.805. The SMILES string of the molecule is CC(C)CC1CNCCC12CSCC(C)(C)C2. The molecule has 0 radical (unpaired) electrons. The van der Waals surface area contributed by atoms with Crippen LogP contribution in [0.1, 0.15) is 47.0 Å². The molecule has 0 aromatic heterocycles. The summed E-state index contributed by atoms with van der Waals surface area (Å²) in [7, 11) is 0. The predicted molar refractivity (Wildman–Crippen MR) is 78.6 cm³/mol. The minimum atomic E-state index is 0.551. The van der Waals surface area contributed by atoms with Crippen molar-refractivity contribution in [2.75, 3.05) is 24.6 Å². The summed E-state index contributed by atoms with van der Waals surface area (Å²) in [5.74, 6) is 4.52. The molecule has 2 aliphatic heterocycles. The van der Waals surface area contributed by atoms with Crippen molar-refractivity contribution < 1.29 is 0 Å². The lowest BCUT2D eigenvalue weighted by atomic mass is 9.62. The predicted octanol–water partition coefficient (Wildman–Crippen LogP) is 3.79. The first-order valence-electron chi connectivity index (χ1n) is 7.22. The summed E-state index contributed by atoms with van der Waals surface area (Å²) in [5, 5.41) is 3.63. The van der Waals surface area contributed by atoms with Crippen molar-refractivity contribution in [3.63, 3.8) is 0 Å². The van der Waals surface area contributed by atoms with Gasteiger partial charge < -0.3 is 5.32 Å². The minimum absolute atomic E-state index is 0.551. The smallest absolute Gasteiger partial charge is 0.000678 e. The molecular weight excluding hydrogens is 226 g/mol. The Labute approximate surface area is 112 Å². The maximum Gasteiger partial charge on any atom is -0.000678 e. The topological polar surface area (TPSA) is 12.0 Å². The number of hydrogen-bond acceptors (Lipinski definition) is 2. The lowest BCUT2D eigenvalue weighted by molar-refractivity contribution is 0.0603. The first kappa shape index (κ1) is 13.7. The molecule has 2 fully saturated rings. The van der Waals surface area contributed by atoms with Crippen molar-refractivity contribution in [3.05, 3.63) is 0 Å². The van der Waals surface area contributed by atoms with E-state index in [2.05, 4.69) is 44.8 Å². The van der Waals surface area contributed by atoms with Crippen molar-refractivity contribution in [3.8, 4) is 0 Å². The molecule has 2 atom stereocenters. The third-order valence-electron chi connectivity index (χ3n) is 4.53. The van der Waals surface area contributed by atoms with Gasteiger partial charge in [0.05, 0.1) is 0 Å². The van der Waals surface area contributed by atoms with Gasteiger partial charge in [-0.3, -0.25) is 0 Å². The Morgan fingerprint density at radius 2 is 2.06 bits per heavy atom. The van der Waals surface area contributed by atoms with E-state index in [1.807, 2.05) is 0 Å². The van der Waals surface area contributed by atoms with E-state index in [9.17, 15) is 0 Å². The van der Waals surface area contributed by atoms with Gasteiger partial charge in [-0.25, -0.2) is 0 Å². The van der Waals surface area contributed by atoms with Gasteiger partial charge in [0.25, 0.3) is 0 Å². The van der Waals surface area contributed by atoms with Crippen LogP contribution in [-0.4, -0.2) is 24.6 Å². The largest absolute Gasteiger partial charge is 0.316 e. The average Bonchev–Trinajstić information content (AvgIpc) is 2.19. The van der Waals surface area contributed by atoms with Gasteiger partial charge in [-0.2, -0.15) is 11.8 Å². The molecule has 0 aromatic carbocycles. The Bertz CT molecular complexity index is 258. The molecule has 2 rings (SSSR count). The molecule has 0 amide bonds. The van der Waals surface area contributed by atoms with Crippen LogP contribution in [0.5, 0.6) is 0 Å². The molecule has 1 N–H and O–H groups in total. The van der Waals surface area contributed by atoms with E-state index in [0.717, 1.165) is 11.8 Å². The normalized spacial score (nSPS) is 37.6.